The van der Waals surface area contributed by atoms with Gasteiger partial charge in [-0.15, -0.1) is 0 Å². The van der Waals surface area contributed by atoms with E-state index in [-0.39, 0.29) is 11.8 Å². The van der Waals surface area contributed by atoms with Crippen molar-refractivity contribution in [3.05, 3.63) is 29.8 Å². The third-order valence-corrected chi connectivity index (χ3v) is 4.58. The lowest BCUT2D eigenvalue weighted by atomic mass is 10.2. The number of ether oxygens (including phenoxy) is 1. The van der Waals surface area contributed by atoms with E-state index in [4.69, 9.17) is 4.74 Å². The molecule has 1 heterocycles. The van der Waals surface area contributed by atoms with Crippen LogP contribution in [0, 0.1) is 6.92 Å². The summed E-state index contributed by atoms with van der Waals surface area (Å²) in [6, 6.07) is 6.91. The quantitative estimate of drug-likeness (QED) is 0.866. The molecule has 0 amide bonds. The second-order valence-corrected chi connectivity index (χ2v) is 6.36. The largest absolute Gasteiger partial charge is 0.378 e. The zero-order chi connectivity index (χ0) is 12.3. The summed E-state index contributed by atoms with van der Waals surface area (Å²) in [5, 5.41) is 3.16. The van der Waals surface area contributed by atoms with Crippen molar-refractivity contribution in [2.45, 2.75) is 17.9 Å². The molecule has 0 aliphatic carbocycles. The first-order valence-corrected chi connectivity index (χ1v) is 7.34. The van der Waals surface area contributed by atoms with E-state index >= 15 is 0 Å². The van der Waals surface area contributed by atoms with E-state index < -0.39 is 9.84 Å². The Morgan fingerprint density at radius 2 is 2.29 bits per heavy atom. The van der Waals surface area contributed by atoms with Crippen LogP contribution in [-0.4, -0.2) is 40.0 Å². The van der Waals surface area contributed by atoms with Crippen LogP contribution in [0.2, 0.25) is 0 Å². The van der Waals surface area contributed by atoms with Crippen LogP contribution in [0.15, 0.2) is 29.2 Å². The molecule has 0 spiro atoms. The second kappa shape index (κ2) is 5.16. The minimum Gasteiger partial charge on any atom is -0.378 e. The lowest BCUT2D eigenvalue weighted by Crippen LogP contribution is -2.45. The molecule has 4 nitrogen and oxygen atoms in total. The standard InChI is InChI=1S/C12H17NO3S/c1-10-3-2-4-12(7-10)17(14,15)9-11-8-16-6-5-13-11/h2-4,7,11,13H,5-6,8-9H2,1H3. The lowest BCUT2D eigenvalue weighted by Gasteiger charge is -2.23. The van der Waals surface area contributed by atoms with E-state index in [2.05, 4.69) is 5.32 Å². The second-order valence-electron chi connectivity index (χ2n) is 4.32. The van der Waals surface area contributed by atoms with Crippen LogP contribution in [0.4, 0.5) is 0 Å². The molecule has 0 radical (unpaired) electrons. The summed E-state index contributed by atoms with van der Waals surface area (Å²) in [5.74, 6) is 0.0937. The molecule has 1 aliphatic rings. The van der Waals surface area contributed by atoms with Crippen LogP contribution in [0.25, 0.3) is 0 Å². The van der Waals surface area contributed by atoms with Gasteiger partial charge in [-0.25, -0.2) is 8.42 Å². The first-order chi connectivity index (χ1) is 8.08. The number of rotatable bonds is 3. The van der Waals surface area contributed by atoms with Gasteiger partial charge in [0.2, 0.25) is 0 Å². The minimum atomic E-state index is -3.22. The molecule has 0 aromatic heterocycles. The number of hydrogen-bond acceptors (Lipinski definition) is 4. The molecule has 5 heteroatoms. The van der Waals surface area contributed by atoms with Gasteiger partial charge in [0, 0.05) is 12.6 Å². The van der Waals surface area contributed by atoms with E-state index in [1.165, 1.54) is 0 Å². The summed E-state index contributed by atoms with van der Waals surface area (Å²) in [6.07, 6.45) is 0. The third kappa shape index (κ3) is 3.28. The molecular weight excluding hydrogens is 238 g/mol. The van der Waals surface area contributed by atoms with Crippen LogP contribution >= 0.6 is 0 Å². The number of aryl methyl sites for hydroxylation is 1. The van der Waals surface area contributed by atoms with Crippen LogP contribution < -0.4 is 5.32 Å². The zero-order valence-electron chi connectivity index (χ0n) is 9.85. The molecule has 1 aromatic carbocycles. The normalized spacial score (nSPS) is 21.4. The van der Waals surface area contributed by atoms with Crippen LogP contribution in [-0.2, 0) is 14.6 Å². The molecule has 94 valence electrons. The molecule has 0 saturated carbocycles. The van der Waals surface area contributed by atoms with E-state index in [0.717, 1.165) is 5.56 Å². The molecule has 1 N–H and O–H groups in total. The number of morpholine rings is 1. The molecule has 1 fully saturated rings. The van der Waals surface area contributed by atoms with Crippen molar-refractivity contribution in [3.8, 4) is 0 Å². The van der Waals surface area contributed by atoms with Crippen molar-refractivity contribution in [3.63, 3.8) is 0 Å². The van der Waals surface area contributed by atoms with E-state index in [0.29, 0.717) is 24.7 Å². The van der Waals surface area contributed by atoms with Gasteiger partial charge in [0.15, 0.2) is 9.84 Å². The highest BCUT2D eigenvalue weighted by Crippen LogP contribution is 2.14. The molecule has 1 aliphatic heterocycles. The maximum atomic E-state index is 12.2. The first kappa shape index (κ1) is 12.5. The van der Waals surface area contributed by atoms with Crippen molar-refractivity contribution in [2.75, 3.05) is 25.5 Å². The van der Waals surface area contributed by atoms with Gasteiger partial charge in [-0.3, -0.25) is 0 Å². The summed E-state index contributed by atoms with van der Waals surface area (Å²) >= 11 is 0. The highest BCUT2D eigenvalue weighted by atomic mass is 32.2. The summed E-state index contributed by atoms with van der Waals surface area (Å²) < 4.78 is 29.6. The van der Waals surface area contributed by atoms with Gasteiger partial charge in [-0.05, 0) is 24.6 Å². The number of nitrogens with one attached hydrogen (secondary N) is 1. The average Bonchev–Trinajstić information content (AvgIpc) is 2.30. The molecule has 0 bridgehead atoms. The average molecular weight is 255 g/mol. The number of sulfone groups is 1. The maximum absolute atomic E-state index is 12.2. The predicted molar refractivity (Wildman–Crippen MR) is 65.8 cm³/mol. The Morgan fingerprint density at radius 3 is 2.94 bits per heavy atom. The number of hydrogen-bond donors (Lipinski definition) is 1. The highest BCUT2D eigenvalue weighted by molar-refractivity contribution is 7.91. The third-order valence-electron chi connectivity index (χ3n) is 2.77. The van der Waals surface area contributed by atoms with Gasteiger partial charge >= 0.3 is 0 Å². The fourth-order valence-electron chi connectivity index (χ4n) is 1.90. The molecule has 1 saturated heterocycles. The van der Waals surface area contributed by atoms with Crippen LogP contribution in [0.1, 0.15) is 5.56 Å². The van der Waals surface area contributed by atoms with Gasteiger partial charge in [0.05, 0.1) is 23.9 Å². The van der Waals surface area contributed by atoms with Gasteiger partial charge < -0.3 is 10.1 Å². The molecule has 17 heavy (non-hydrogen) atoms. The highest BCUT2D eigenvalue weighted by Gasteiger charge is 2.22. The zero-order valence-corrected chi connectivity index (χ0v) is 10.7. The van der Waals surface area contributed by atoms with Crippen molar-refractivity contribution in [1.29, 1.82) is 0 Å². The molecule has 1 aromatic rings. The fraction of sp³-hybridized carbons (Fsp3) is 0.500. The van der Waals surface area contributed by atoms with Gasteiger partial charge in [-0.1, -0.05) is 12.1 Å². The van der Waals surface area contributed by atoms with E-state index in [9.17, 15) is 8.42 Å². The smallest absolute Gasteiger partial charge is 0.180 e. The number of benzene rings is 1. The Labute approximate surface area is 102 Å². The van der Waals surface area contributed by atoms with Crippen LogP contribution in [0.5, 0.6) is 0 Å². The maximum Gasteiger partial charge on any atom is 0.180 e. The monoisotopic (exact) mass is 255 g/mol. The summed E-state index contributed by atoms with van der Waals surface area (Å²) in [5.41, 5.74) is 0.957. The molecule has 1 unspecified atom stereocenters. The van der Waals surface area contributed by atoms with Crippen molar-refractivity contribution in [2.24, 2.45) is 0 Å². The van der Waals surface area contributed by atoms with Gasteiger partial charge in [0.1, 0.15) is 0 Å². The summed E-state index contributed by atoms with van der Waals surface area (Å²) in [7, 11) is -3.22. The minimum absolute atomic E-state index is 0.0937. The Hall–Kier alpha value is -0.910. The molecular formula is C12H17NO3S. The lowest BCUT2D eigenvalue weighted by molar-refractivity contribution is 0.0832. The summed E-state index contributed by atoms with van der Waals surface area (Å²) in [4.78, 5) is 0.393. The summed E-state index contributed by atoms with van der Waals surface area (Å²) in [6.45, 7) is 3.72. The van der Waals surface area contributed by atoms with Crippen molar-refractivity contribution >= 4 is 9.84 Å². The van der Waals surface area contributed by atoms with Crippen LogP contribution in [0.3, 0.4) is 0 Å². The van der Waals surface area contributed by atoms with Gasteiger partial charge in [0.25, 0.3) is 0 Å². The first-order valence-electron chi connectivity index (χ1n) is 5.68. The molecule has 1 atom stereocenters. The van der Waals surface area contributed by atoms with Crippen molar-refractivity contribution in [1.82, 2.24) is 5.32 Å². The Morgan fingerprint density at radius 1 is 1.47 bits per heavy atom. The fourth-order valence-corrected chi connectivity index (χ4v) is 3.48. The van der Waals surface area contributed by atoms with E-state index in [1.807, 2.05) is 13.0 Å². The SMILES string of the molecule is Cc1cccc(S(=O)(=O)CC2COCCN2)c1. The predicted octanol–water partition coefficient (Wildman–Crippen LogP) is 0.757. The van der Waals surface area contributed by atoms with Gasteiger partial charge in [-0.2, -0.15) is 0 Å². The Bertz CT molecular complexity index is 478. The molecule has 2 rings (SSSR count). The Kier molecular flexibility index (Phi) is 3.81. The Balaban J connectivity index is 2.13. The van der Waals surface area contributed by atoms with Crippen molar-refractivity contribution < 1.29 is 13.2 Å². The van der Waals surface area contributed by atoms with E-state index in [1.54, 1.807) is 18.2 Å². The topological polar surface area (TPSA) is 55.4 Å².